The van der Waals surface area contributed by atoms with Gasteiger partial charge in [-0.3, -0.25) is 4.99 Å². The first-order valence-electron chi connectivity index (χ1n) is 9.78. The van der Waals surface area contributed by atoms with E-state index in [0.29, 0.717) is 18.1 Å². The van der Waals surface area contributed by atoms with Crippen molar-refractivity contribution in [1.29, 1.82) is 0 Å². The summed E-state index contributed by atoms with van der Waals surface area (Å²) in [6.07, 6.45) is 4.46. The second-order valence-electron chi connectivity index (χ2n) is 7.84. The molecule has 3 fully saturated rings. The molecule has 4 unspecified atom stereocenters. The van der Waals surface area contributed by atoms with Crippen molar-refractivity contribution in [2.75, 3.05) is 26.2 Å². The zero-order chi connectivity index (χ0) is 17.4. The van der Waals surface area contributed by atoms with Gasteiger partial charge in [-0.1, -0.05) is 13.8 Å². The number of fused-ring (bicyclic) bond motifs is 5. The highest BCUT2D eigenvalue weighted by Gasteiger charge is 2.53. The predicted molar refractivity (Wildman–Crippen MR) is 118 cm³/mol. The summed E-state index contributed by atoms with van der Waals surface area (Å²) in [5, 5.41) is 6.91. The molecule has 3 saturated heterocycles. The van der Waals surface area contributed by atoms with Crippen LogP contribution in [0.15, 0.2) is 10.4 Å². The monoisotopic (exact) mass is 490 g/mol. The average Bonchev–Trinajstić information content (AvgIpc) is 3.34. The molecule has 1 N–H and O–H groups in total. The van der Waals surface area contributed by atoms with Crippen LogP contribution in [0.25, 0.3) is 0 Å². The number of likely N-dealkylation sites (tertiary alicyclic amines) is 1. The highest BCUT2D eigenvalue weighted by atomic mass is 127. The van der Waals surface area contributed by atoms with Gasteiger partial charge in [0.15, 0.2) is 5.96 Å². The van der Waals surface area contributed by atoms with E-state index in [0.717, 1.165) is 50.4 Å². The van der Waals surface area contributed by atoms with Crippen molar-refractivity contribution in [2.24, 2.45) is 16.8 Å². The Bertz CT molecular complexity index is 617. The predicted octanol–water partition coefficient (Wildman–Crippen LogP) is 3.50. The number of rotatable bonds is 5. The molecule has 26 heavy (non-hydrogen) atoms. The lowest BCUT2D eigenvalue weighted by molar-refractivity contribution is 0.0767. The van der Waals surface area contributed by atoms with E-state index < -0.39 is 0 Å². The Morgan fingerprint density at radius 1 is 1.35 bits per heavy atom. The standard InChI is InChI=1S/C19H30N4OS.HI/c1-4-20-19(21-8-7-13-11-25-18(22-13)12(2)3)23-9-14-15(10-23)17-6-5-16(14)24-17;/h11-12,14-17H,4-10H2,1-3H3,(H,20,21);1H. The zero-order valence-electron chi connectivity index (χ0n) is 16.0. The Morgan fingerprint density at radius 3 is 2.62 bits per heavy atom. The summed E-state index contributed by atoms with van der Waals surface area (Å²) < 4.78 is 6.09. The molecule has 3 aliphatic heterocycles. The number of nitrogens with zero attached hydrogens (tertiary/aromatic N) is 3. The molecule has 1 aromatic rings. The molecule has 0 amide bonds. The third-order valence-electron chi connectivity index (χ3n) is 5.78. The number of nitrogens with one attached hydrogen (secondary N) is 1. The van der Waals surface area contributed by atoms with E-state index >= 15 is 0 Å². The van der Waals surface area contributed by atoms with Crippen molar-refractivity contribution in [2.45, 2.75) is 58.2 Å². The summed E-state index contributed by atoms with van der Waals surface area (Å²) in [5.74, 6) is 3.03. The normalized spacial score (nSPS) is 30.0. The number of thiazole rings is 1. The van der Waals surface area contributed by atoms with E-state index in [4.69, 9.17) is 14.7 Å². The highest BCUT2D eigenvalue weighted by Crippen LogP contribution is 2.47. The van der Waals surface area contributed by atoms with Crippen molar-refractivity contribution >= 4 is 41.3 Å². The molecule has 1 aromatic heterocycles. The second-order valence-corrected chi connectivity index (χ2v) is 8.73. The van der Waals surface area contributed by atoms with Crippen molar-refractivity contribution in [3.8, 4) is 0 Å². The summed E-state index contributed by atoms with van der Waals surface area (Å²) in [6.45, 7) is 10.5. The molecule has 7 heteroatoms. The Kier molecular flexibility index (Phi) is 6.83. The average molecular weight is 490 g/mol. The molecular formula is C19H31IN4OS. The number of hydrogen-bond donors (Lipinski definition) is 1. The Labute approximate surface area is 178 Å². The number of aliphatic imine (C=N–C) groups is 1. The van der Waals surface area contributed by atoms with Gasteiger partial charge in [0.25, 0.3) is 0 Å². The van der Waals surface area contributed by atoms with Gasteiger partial charge in [-0.2, -0.15) is 0 Å². The third kappa shape index (κ3) is 4.04. The van der Waals surface area contributed by atoms with Gasteiger partial charge < -0.3 is 15.0 Å². The van der Waals surface area contributed by atoms with Crippen LogP contribution in [-0.4, -0.2) is 54.2 Å². The zero-order valence-corrected chi connectivity index (χ0v) is 19.1. The van der Waals surface area contributed by atoms with Gasteiger partial charge in [-0.15, -0.1) is 35.3 Å². The summed E-state index contributed by atoms with van der Waals surface area (Å²) in [7, 11) is 0. The fraction of sp³-hybridized carbons (Fsp3) is 0.789. The van der Waals surface area contributed by atoms with Gasteiger partial charge in [0.1, 0.15) is 0 Å². The maximum atomic E-state index is 6.09. The van der Waals surface area contributed by atoms with Gasteiger partial charge in [0, 0.05) is 55.7 Å². The van der Waals surface area contributed by atoms with Crippen LogP contribution in [0.5, 0.6) is 0 Å². The SMILES string of the molecule is CCNC(=NCCc1csc(C(C)C)n1)N1CC2C3CCC(O3)C2C1.I. The van der Waals surface area contributed by atoms with E-state index in [1.165, 1.54) is 23.5 Å². The van der Waals surface area contributed by atoms with Gasteiger partial charge in [0.05, 0.1) is 22.9 Å². The number of halogens is 1. The van der Waals surface area contributed by atoms with Crippen molar-refractivity contribution in [1.82, 2.24) is 15.2 Å². The maximum absolute atomic E-state index is 6.09. The molecule has 0 spiro atoms. The molecule has 0 radical (unpaired) electrons. The van der Waals surface area contributed by atoms with E-state index in [2.05, 4.69) is 36.4 Å². The summed E-state index contributed by atoms with van der Waals surface area (Å²) in [4.78, 5) is 12.1. The second kappa shape index (κ2) is 8.73. The fourth-order valence-corrected chi connectivity index (χ4v) is 5.41. The van der Waals surface area contributed by atoms with Gasteiger partial charge in [-0.05, 0) is 19.8 Å². The summed E-state index contributed by atoms with van der Waals surface area (Å²) in [5.41, 5.74) is 1.18. The number of ether oxygens (including phenoxy) is 1. The largest absolute Gasteiger partial charge is 0.374 e. The molecule has 0 saturated carbocycles. The quantitative estimate of drug-likeness (QED) is 0.390. The van der Waals surface area contributed by atoms with E-state index in [9.17, 15) is 0 Å². The van der Waals surface area contributed by atoms with Gasteiger partial charge >= 0.3 is 0 Å². The lowest BCUT2D eigenvalue weighted by Crippen LogP contribution is -2.41. The Balaban J connectivity index is 0.00000196. The van der Waals surface area contributed by atoms with Crippen molar-refractivity contribution < 1.29 is 4.74 Å². The van der Waals surface area contributed by atoms with Crippen LogP contribution in [-0.2, 0) is 11.2 Å². The first kappa shape index (κ1) is 20.3. The van der Waals surface area contributed by atoms with Gasteiger partial charge in [0.2, 0.25) is 0 Å². The maximum Gasteiger partial charge on any atom is 0.193 e. The van der Waals surface area contributed by atoms with Crippen molar-refractivity contribution in [3.05, 3.63) is 16.1 Å². The molecule has 3 aliphatic rings. The molecular weight excluding hydrogens is 459 g/mol. The minimum atomic E-state index is 0. The molecule has 4 atom stereocenters. The molecule has 146 valence electrons. The molecule has 2 bridgehead atoms. The molecule has 5 nitrogen and oxygen atoms in total. The summed E-state index contributed by atoms with van der Waals surface area (Å²) in [6, 6.07) is 0. The van der Waals surface area contributed by atoms with Crippen LogP contribution in [0.2, 0.25) is 0 Å². The topological polar surface area (TPSA) is 49.8 Å². The minimum Gasteiger partial charge on any atom is -0.374 e. The Hall–Kier alpha value is -0.410. The number of aromatic nitrogens is 1. The Morgan fingerprint density at radius 2 is 2.04 bits per heavy atom. The highest BCUT2D eigenvalue weighted by molar-refractivity contribution is 14.0. The first-order chi connectivity index (χ1) is 12.2. The lowest BCUT2D eigenvalue weighted by atomic mass is 9.82. The smallest absolute Gasteiger partial charge is 0.193 e. The van der Waals surface area contributed by atoms with Gasteiger partial charge in [-0.25, -0.2) is 4.98 Å². The van der Waals surface area contributed by atoms with Crippen LogP contribution < -0.4 is 5.32 Å². The summed E-state index contributed by atoms with van der Waals surface area (Å²) >= 11 is 1.77. The molecule has 4 heterocycles. The molecule has 0 aliphatic carbocycles. The molecule has 0 aromatic carbocycles. The van der Waals surface area contributed by atoms with E-state index in [1.807, 2.05) is 0 Å². The van der Waals surface area contributed by atoms with Crippen LogP contribution in [0.4, 0.5) is 0 Å². The third-order valence-corrected chi connectivity index (χ3v) is 6.97. The number of hydrogen-bond acceptors (Lipinski definition) is 4. The van der Waals surface area contributed by atoms with Crippen LogP contribution in [0.1, 0.15) is 50.2 Å². The van der Waals surface area contributed by atoms with Crippen LogP contribution in [0.3, 0.4) is 0 Å². The van der Waals surface area contributed by atoms with E-state index in [-0.39, 0.29) is 24.0 Å². The minimum absolute atomic E-state index is 0. The van der Waals surface area contributed by atoms with E-state index in [1.54, 1.807) is 11.3 Å². The lowest BCUT2D eigenvalue weighted by Gasteiger charge is -2.23. The number of guanidine groups is 1. The van der Waals surface area contributed by atoms with Crippen LogP contribution in [0, 0.1) is 11.8 Å². The molecule has 4 rings (SSSR count). The van der Waals surface area contributed by atoms with Crippen molar-refractivity contribution in [3.63, 3.8) is 0 Å². The first-order valence-corrected chi connectivity index (χ1v) is 10.7. The van der Waals surface area contributed by atoms with Crippen LogP contribution >= 0.6 is 35.3 Å². The fourth-order valence-electron chi connectivity index (χ4n) is 4.54.